The van der Waals surface area contributed by atoms with Crippen LogP contribution < -0.4 is 0 Å². The van der Waals surface area contributed by atoms with Crippen LogP contribution in [-0.4, -0.2) is 42.8 Å². The predicted molar refractivity (Wildman–Crippen MR) is 111 cm³/mol. The van der Waals surface area contributed by atoms with E-state index < -0.39 is 12.1 Å². The molecule has 1 aromatic carbocycles. The van der Waals surface area contributed by atoms with Crippen molar-refractivity contribution in [2.45, 2.75) is 52.9 Å². The number of ether oxygens (including phenoxy) is 3. The van der Waals surface area contributed by atoms with E-state index in [1.165, 1.54) is 6.92 Å². The molecule has 1 saturated heterocycles. The van der Waals surface area contributed by atoms with Crippen molar-refractivity contribution < 1.29 is 33.4 Å². The normalized spacial score (nSPS) is 22.3. The lowest BCUT2D eigenvalue weighted by molar-refractivity contribution is -0.379. The summed E-state index contributed by atoms with van der Waals surface area (Å²) < 4.78 is 21.2. The van der Waals surface area contributed by atoms with Crippen molar-refractivity contribution in [2.75, 3.05) is 19.8 Å². The van der Waals surface area contributed by atoms with Gasteiger partial charge in [-0.3, -0.25) is 0 Å². The Morgan fingerprint density at radius 3 is 2.70 bits per heavy atom. The Hall–Kier alpha value is -2.58. The number of carboxylic acid groups (broad SMARTS) is 1. The Kier molecular flexibility index (Phi) is 6.99. The highest BCUT2D eigenvalue weighted by molar-refractivity contribution is 6.01. The first kappa shape index (κ1) is 22.1. The number of unbranched alkanes of at least 4 members (excludes halogenated alkanes) is 1. The molecule has 0 unspecified atom stereocenters. The van der Waals surface area contributed by atoms with Crippen molar-refractivity contribution in [2.24, 2.45) is 11.1 Å². The molecule has 8 nitrogen and oxygen atoms in total. The molecule has 1 fully saturated rings. The van der Waals surface area contributed by atoms with Crippen LogP contribution in [0.3, 0.4) is 0 Å². The molecule has 0 aliphatic carbocycles. The molecule has 1 aliphatic heterocycles. The summed E-state index contributed by atoms with van der Waals surface area (Å²) >= 11 is 0. The van der Waals surface area contributed by atoms with Gasteiger partial charge in [0.2, 0.25) is 0 Å². The van der Waals surface area contributed by atoms with E-state index in [4.69, 9.17) is 23.8 Å². The fraction of sp³-hybridized carbons (Fsp3) is 0.545. The number of carbonyl (C=O) groups is 1. The van der Waals surface area contributed by atoms with E-state index in [9.17, 15) is 4.79 Å². The van der Waals surface area contributed by atoms with Gasteiger partial charge in [-0.25, -0.2) is 4.79 Å². The van der Waals surface area contributed by atoms with E-state index >= 15 is 0 Å². The van der Waals surface area contributed by atoms with Gasteiger partial charge in [0, 0.05) is 23.8 Å². The average molecular weight is 419 g/mol. The van der Waals surface area contributed by atoms with Crippen LogP contribution >= 0.6 is 0 Å². The van der Waals surface area contributed by atoms with Crippen molar-refractivity contribution in [3.63, 3.8) is 0 Å². The second kappa shape index (κ2) is 9.49. The van der Waals surface area contributed by atoms with Gasteiger partial charge in [-0.15, -0.1) is 0 Å². The Labute approximate surface area is 175 Å². The van der Waals surface area contributed by atoms with E-state index in [2.05, 4.69) is 22.9 Å². The summed E-state index contributed by atoms with van der Waals surface area (Å²) in [6.45, 7) is 8.71. The molecule has 0 saturated carbocycles. The fourth-order valence-electron chi connectivity index (χ4n) is 3.38. The van der Waals surface area contributed by atoms with Crippen molar-refractivity contribution >= 4 is 22.8 Å². The third-order valence-electron chi connectivity index (χ3n) is 5.33. The lowest BCUT2D eigenvalue weighted by atomic mass is 10.0. The minimum absolute atomic E-state index is 0.202. The van der Waals surface area contributed by atoms with E-state index in [-0.39, 0.29) is 5.92 Å². The largest absolute Gasteiger partial charge is 0.510 e. The van der Waals surface area contributed by atoms with Gasteiger partial charge in [0.15, 0.2) is 0 Å². The van der Waals surface area contributed by atoms with E-state index in [1.54, 1.807) is 0 Å². The van der Waals surface area contributed by atoms with Crippen LogP contribution in [0.5, 0.6) is 0 Å². The molecule has 164 valence electrons. The van der Waals surface area contributed by atoms with Crippen LogP contribution in [0.2, 0.25) is 0 Å². The number of aryl methyl sites for hydroxylation is 2. The molecular weight excluding hydrogens is 390 g/mol. The van der Waals surface area contributed by atoms with Crippen molar-refractivity contribution in [1.82, 2.24) is 0 Å². The topological polar surface area (TPSA) is 99.7 Å². The maximum atomic E-state index is 10.6. The quantitative estimate of drug-likeness (QED) is 0.278. The van der Waals surface area contributed by atoms with Crippen LogP contribution in [0.1, 0.15) is 50.0 Å². The molecule has 0 atom stereocenters. The molecule has 1 N–H and O–H groups in total. The number of fused-ring (bicyclic) bond motifs is 1. The molecular formula is C22H29NO7. The van der Waals surface area contributed by atoms with Crippen molar-refractivity contribution in [3.8, 4) is 0 Å². The zero-order chi connectivity index (χ0) is 21.7. The summed E-state index contributed by atoms with van der Waals surface area (Å²) in [5.74, 6) is -0.373. The SMILES string of the molecule is CC(=NOCCCCC1COC(C)(OC(=O)O)OC1)c1ccc2c(C)c(C)oc2c1. The van der Waals surface area contributed by atoms with Crippen molar-refractivity contribution in [1.29, 1.82) is 0 Å². The fourth-order valence-corrected chi connectivity index (χ4v) is 3.38. The van der Waals surface area contributed by atoms with Crippen LogP contribution in [0, 0.1) is 19.8 Å². The van der Waals surface area contributed by atoms with Gasteiger partial charge in [0.05, 0.1) is 18.9 Å². The monoisotopic (exact) mass is 419 g/mol. The highest BCUT2D eigenvalue weighted by Crippen LogP contribution is 2.26. The lowest BCUT2D eigenvalue weighted by Crippen LogP contribution is -2.45. The van der Waals surface area contributed by atoms with Gasteiger partial charge < -0.3 is 28.6 Å². The molecule has 0 spiro atoms. The molecule has 0 radical (unpaired) electrons. The molecule has 3 rings (SSSR count). The average Bonchev–Trinajstić information content (AvgIpc) is 2.98. The van der Waals surface area contributed by atoms with Gasteiger partial charge in [-0.2, -0.15) is 0 Å². The Balaban J connectivity index is 1.37. The number of rotatable bonds is 8. The second-order valence-corrected chi connectivity index (χ2v) is 7.72. The number of nitrogens with zero attached hydrogens (tertiary/aromatic N) is 1. The maximum Gasteiger partial charge on any atom is 0.510 e. The van der Waals surface area contributed by atoms with E-state index in [0.717, 1.165) is 52.8 Å². The van der Waals surface area contributed by atoms with E-state index in [0.29, 0.717) is 19.8 Å². The number of oxime groups is 1. The van der Waals surface area contributed by atoms with Gasteiger partial charge in [-0.1, -0.05) is 17.3 Å². The van der Waals surface area contributed by atoms with Gasteiger partial charge in [0.1, 0.15) is 18.0 Å². The minimum Gasteiger partial charge on any atom is -0.461 e. The van der Waals surface area contributed by atoms with Crippen LogP contribution in [0.15, 0.2) is 27.8 Å². The molecule has 2 heterocycles. The number of benzene rings is 1. The first-order valence-electron chi connectivity index (χ1n) is 10.1. The summed E-state index contributed by atoms with van der Waals surface area (Å²) in [6.07, 6.45) is 1.26. The minimum atomic E-state index is -1.51. The molecule has 0 amide bonds. The van der Waals surface area contributed by atoms with Gasteiger partial charge in [0.25, 0.3) is 0 Å². The summed E-state index contributed by atoms with van der Waals surface area (Å²) in [5.41, 5.74) is 3.80. The summed E-state index contributed by atoms with van der Waals surface area (Å²) in [4.78, 5) is 16.1. The van der Waals surface area contributed by atoms with Crippen LogP contribution in [-0.2, 0) is 19.0 Å². The Bertz CT molecular complexity index is 910. The van der Waals surface area contributed by atoms with Gasteiger partial charge >= 0.3 is 12.1 Å². The highest BCUT2D eigenvalue weighted by Gasteiger charge is 2.36. The molecule has 8 heteroatoms. The van der Waals surface area contributed by atoms with Gasteiger partial charge in [-0.05, 0) is 51.7 Å². The first-order chi connectivity index (χ1) is 14.3. The Morgan fingerprint density at radius 1 is 1.27 bits per heavy atom. The van der Waals surface area contributed by atoms with E-state index in [1.807, 2.05) is 26.0 Å². The number of furan rings is 1. The lowest BCUT2D eigenvalue weighted by Gasteiger charge is -2.35. The van der Waals surface area contributed by atoms with Crippen LogP contribution in [0.4, 0.5) is 4.79 Å². The molecule has 2 aromatic rings. The summed E-state index contributed by atoms with van der Waals surface area (Å²) in [6, 6.07) is 6.07. The molecule has 1 aromatic heterocycles. The second-order valence-electron chi connectivity index (χ2n) is 7.72. The summed E-state index contributed by atoms with van der Waals surface area (Å²) in [7, 11) is 0. The third-order valence-corrected chi connectivity index (χ3v) is 5.33. The molecule has 0 bridgehead atoms. The van der Waals surface area contributed by atoms with Crippen LogP contribution in [0.25, 0.3) is 11.0 Å². The number of hydrogen-bond donors (Lipinski definition) is 1. The third kappa shape index (κ3) is 5.52. The summed E-state index contributed by atoms with van der Waals surface area (Å²) in [5, 5.41) is 14.0. The highest BCUT2D eigenvalue weighted by atomic mass is 16.9. The zero-order valence-electron chi connectivity index (χ0n) is 17.9. The zero-order valence-corrected chi connectivity index (χ0v) is 17.9. The first-order valence-corrected chi connectivity index (χ1v) is 10.1. The number of hydrogen-bond acceptors (Lipinski definition) is 7. The molecule has 1 aliphatic rings. The predicted octanol–water partition coefficient (Wildman–Crippen LogP) is 4.99. The standard InChI is InChI=1S/C22H29NO7/c1-14-16(3)29-20-11-18(8-9-19(14)20)15(2)23-28-10-6-5-7-17-12-26-22(4,27-13-17)30-21(24)25/h8-9,11,17H,5-7,10,12-13H2,1-4H3,(H,24,25). The Morgan fingerprint density at radius 2 is 2.00 bits per heavy atom. The maximum absolute atomic E-state index is 10.6. The molecule has 30 heavy (non-hydrogen) atoms. The van der Waals surface area contributed by atoms with Crippen molar-refractivity contribution in [3.05, 3.63) is 35.1 Å². The smallest absolute Gasteiger partial charge is 0.461 e.